The van der Waals surface area contributed by atoms with Crippen molar-refractivity contribution >= 4 is 35.4 Å². The van der Waals surface area contributed by atoms with Gasteiger partial charge in [-0.3, -0.25) is 14.6 Å². The number of piperidine rings is 2. The second-order valence-corrected chi connectivity index (χ2v) is 18.8. The largest absolute Gasteiger partial charge is 0.453 e. The Hall–Kier alpha value is -6.70. The lowest BCUT2D eigenvalue weighted by Gasteiger charge is -2.35. The zero-order chi connectivity index (χ0) is 46.6. The fraction of sp³-hybridized carbons (Fsp3) is 0.451. The van der Waals surface area contributed by atoms with Crippen molar-refractivity contribution in [3.8, 4) is 23.1 Å². The first-order valence-electron chi connectivity index (χ1n) is 23.2. The number of methoxy groups -OCH3 is 2. The van der Waals surface area contributed by atoms with Crippen LogP contribution in [0.3, 0.4) is 0 Å². The van der Waals surface area contributed by atoms with Crippen molar-refractivity contribution in [1.29, 1.82) is 0 Å². The number of hydrogen-bond acceptors (Lipinski definition) is 11. The molecular weight excluding hydrogens is 853 g/mol. The van der Waals surface area contributed by atoms with Crippen LogP contribution in [0.5, 0.6) is 0 Å². The molecule has 4 amide bonds. The Kier molecular flexibility index (Phi) is 11.8. The number of aromatic amines is 1. The average molecular weight is 909 g/mol. The number of nitrogens with one attached hydrogen (secondary N) is 3. The SMILES string of the molecule is C=C1[C@@H]2[C@H]1C[C@@H](c1ncc(-c3cccc(C#Cc4cccc(/C(N)=C/N=C5CC56C[C@H]5C(=C)[C@H]5N6C(=O)C(NC(=O)OC)C5CCOCC5)c4)c3)[nH]1)N2C(=O)C(NC(=O)OC)C1CCOCC1. The number of H-pyrrole nitrogens is 1. The first-order valence-corrected chi connectivity index (χ1v) is 23.2. The molecule has 5 heterocycles. The summed E-state index contributed by atoms with van der Waals surface area (Å²) in [6, 6.07) is 13.6. The van der Waals surface area contributed by atoms with Crippen molar-refractivity contribution in [2.45, 2.75) is 80.7 Å². The summed E-state index contributed by atoms with van der Waals surface area (Å²) >= 11 is 0. The van der Waals surface area contributed by atoms with Crippen LogP contribution in [-0.2, 0) is 28.5 Å². The number of likely N-dealkylation sites (tertiary alicyclic amines) is 2. The molecule has 1 spiro atoms. The number of amides is 4. The van der Waals surface area contributed by atoms with E-state index in [0.29, 0.717) is 76.5 Å². The van der Waals surface area contributed by atoms with E-state index in [-0.39, 0.29) is 53.6 Å². The van der Waals surface area contributed by atoms with E-state index in [1.807, 2.05) is 58.3 Å². The highest BCUT2D eigenvalue weighted by Gasteiger charge is 2.72. The summed E-state index contributed by atoms with van der Waals surface area (Å²) in [6.45, 7) is 10.6. The second kappa shape index (κ2) is 17.8. The molecule has 7 aliphatic rings. The molecule has 348 valence electrons. The number of benzene rings is 2. The minimum Gasteiger partial charge on any atom is -0.453 e. The van der Waals surface area contributed by atoms with Gasteiger partial charge in [-0.1, -0.05) is 49.3 Å². The van der Waals surface area contributed by atoms with E-state index in [2.05, 4.69) is 40.6 Å². The Morgan fingerprint density at radius 2 is 1.49 bits per heavy atom. The lowest BCUT2D eigenvalue weighted by atomic mass is 9.90. The van der Waals surface area contributed by atoms with E-state index in [1.54, 1.807) is 12.4 Å². The number of rotatable bonds is 10. The number of aliphatic imine (C=N–C) groups is 1. The van der Waals surface area contributed by atoms with Gasteiger partial charge in [0.2, 0.25) is 11.8 Å². The van der Waals surface area contributed by atoms with Crippen LogP contribution in [0, 0.1) is 35.5 Å². The maximum absolute atomic E-state index is 14.4. The first-order chi connectivity index (χ1) is 32.5. The third-order valence-corrected chi connectivity index (χ3v) is 14.9. The van der Waals surface area contributed by atoms with Gasteiger partial charge >= 0.3 is 12.2 Å². The quantitative estimate of drug-likeness (QED) is 0.154. The van der Waals surface area contributed by atoms with Crippen LogP contribution in [0.1, 0.15) is 73.5 Å². The van der Waals surface area contributed by atoms with Gasteiger partial charge < -0.3 is 50.1 Å². The maximum atomic E-state index is 14.4. The van der Waals surface area contributed by atoms with Gasteiger partial charge in [0, 0.05) is 72.6 Å². The van der Waals surface area contributed by atoms with Crippen molar-refractivity contribution in [3.63, 3.8) is 0 Å². The van der Waals surface area contributed by atoms with Gasteiger partial charge in [-0.15, -0.1) is 0 Å². The Morgan fingerprint density at radius 3 is 2.15 bits per heavy atom. The average Bonchev–Trinajstić information content (AvgIpc) is 4.14. The van der Waals surface area contributed by atoms with Gasteiger partial charge in [-0.05, 0) is 85.8 Å². The Bertz CT molecular complexity index is 2650. The maximum Gasteiger partial charge on any atom is 0.407 e. The highest BCUT2D eigenvalue weighted by molar-refractivity contribution is 6.14. The van der Waals surface area contributed by atoms with E-state index < -0.39 is 29.8 Å². The Balaban J connectivity index is 0.823. The van der Waals surface area contributed by atoms with Gasteiger partial charge in [0.1, 0.15) is 17.9 Å². The number of alkyl carbamates (subject to hydrolysis) is 2. The van der Waals surface area contributed by atoms with Crippen molar-refractivity contribution in [3.05, 3.63) is 108 Å². The van der Waals surface area contributed by atoms with Crippen LogP contribution in [0.4, 0.5) is 9.59 Å². The molecule has 4 saturated heterocycles. The van der Waals surface area contributed by atoms with Gasteiger partial charge in [-0.25, -0.2) is 14.6 Å². The molecule has 5 N–H and O–H groups in total. The summed E-state index contributed by atoms with van der Waals surface area (Å²) in [6.07, 6.45) is 6.92. The third-order valence-electron chi connectivity index (χ3n) is 14.9. The standard InChI is InChI=1S/C51H56N8O8/c1-28-36-23-40(58(44(28)36)47(60)42(56-49(62)64-3)32-13-17-66-18-14-32)46-54-27-39(55-46)35-10-6-8-31(22-35)12-11-30-7-5-9-34(21-30)38(52)26-53-41-25-51(41)24-37-29(2)45(37)59(51)48(61)43(57-50(63)65-4)33-15-19-67-20-16-33/h5-10,21-22,26-27,32-33,36-37,40,42-45H,1-2,13-20,23-25,52H2,3-4H3,(H,54,55)(H,56,62)(H,57,63)/b38-26-,53-41?/t36-,37-,40-,42?,43?,44+,45+,51?/m0/s1. The number of imidazole rings is 1. The van der Waals surface area contributed by atoms with E-state index in [9.17, 15) is 19.2 Å². The van der Waals surface area contributed by atoms with Gasteiger partial charge in [0.15, 0.2) is 0 Å². The van der Waals surface area contributed by atoms with Crippen LogP contribution < -0.4 is 16.4 Å². The van der Waals surface area contributed by atoms with Gasteiger partial charge in [0.05, 0.1) is 61.7 Å². The topological polar surface area (TPSA) is 203 Å². The molecule has 4 aliphatic heterocycles. The fourth-order valence-electron chi connectivity index (χ4n) is 11.0. The number of hydrogen-bond donors (Lipinski definition) is 4. The minimum absolute atomic E-state index is 0.0658. The molecule has 1 aromatic heterocycles. The van der Waals surface area contributed by atoms with Crippen LogP contribution in [-0.4, -0.2) is 120 Å². The summed E-state index contributed by atoms with van der Waals surface area (Å²) in [5.74, 6) is 7.22. The molecule has 0 radical (unpaired) electrons. The van der Waals surface area contributed by atoms with Gasteiger partial charge in [-0.2, -0.15) is 0 Å². The highest BCUT2D eigenvalue weighted by Crippen LogP contribution is 2.63. The smallest absolute Gasteiger partial charge is 0.407 e. The molecule has 67 heavy (non-hydrogen) atoms. The summed E-state index contributed by atoms with van der Waals surface area (Å²) in [5, 5.41) is 5.67. The van der Waals surface area contributed by atoms with Gasteiger partial charge in [0.25, 0.3) is 0 Å². The molecule has 2 aromatic carbocycles. The second-order valence-electron chi connectivity index (χ2n) is 18.8. The first kappa shape index (κ1) is 44.2. The van der Waals surface area contributed by atoms with Crippen LogP contribution in [0.25, 0.3) is 17.0 Å². The molecule has 3 saturated carbocycles. The van der Waals surface area contributed by atoms with E-state index in [0.717, 1.165) is 51.2 Å². The molecule has 8 atom stereocenters. The zero-order valence-corrected chi connectivity index (χ0v) is 37.8. The normalized spacial score (nSPS) is 27.9. The number of nitrogens with two attached hydrogens (primary N) is 1. The lowest BCUT2D eigenvalue weighted by Crippen LogP contribution is -2.56. The van der Waals surface area contributed by atoms with Crippen LogP contribution in [0.2, 0.25) is 0 Å². The molecule has 3 aromatic rings. The monoisotopic (exact) mass is 908 g/mol. The summed E-state index contributed by atoms with van der Waals surface area (Å²) < 4.78 is 20.9. The molecule has 0 bridgehead atoms. The molecule has 7 fully saturated rings. The minimum atomic E-state index is -0.748. The predicted molar refractivity (Wildman–Crippen MR) is 248 cm³/mol. The summed E-state index contributed by atoms with van der Waals surface area (Å²) in [4.78, 5) is 70.5. The zero-order valence-electron chi connectivity index (χ0n) is 37.8. The van der Waals surface area contributed by atoms with Crippen molar-refractivity contribution in [1.82, 2.24) is 30.4 Å². The summed E-state index contributed by atoms with van der Waals surface area (Å²) in [5.41, 5.74) is 13.6. The molecule has 16 nitrogen and oxygen atoms in total. The molecule has 3 aliphatic carbocycles. The number of fused-ring (bicyclic) bond motifs is 2. The predicted octanol–water partition coefficient (Wildman–Crippen LogP) is 5.23. The number of carbonyl (C=O) groups excluding carboxylic acids is 4. The number of ether oxygens (including phenoxy) is 4. The van der Waals surface area contributed by atoms with E-state index in [1.165, 1.54) is 14.2 Å². The molecule has 10 rings (SSSR count). The number of nitrogens with zero attached hydrogens (tertiary/aromatic N) is 4. The van der Waals surface area contributed by atoms with Crippen LogP contribution in [0.15, 0.2) is 90.2 Å². The van der Waals surface area contributed by atoms with Crippen molar-refractivity contribution in [2.24, 2.45) is 34.4 Å². The van der Waals surface area contributed by atoms with Crippen molar-refractivity contribution < 1.29 is 38.1 Å². The van der Waals surface area contributed by atoms with Crippen LogP contribution >= 0.6 is 0 Å². The number of aromatic nitrogens is 2. The molecular formula is C51H56N8O8. The fourth-order valence-corrected chi connectivity index (χ4v) is 11.0. The Labute approximate surface area is 389 Å². The van der Waals surface area contributed by atoms with E-state index in [4.69, 9.17) is 34.7 Å². The molecule has 16 heteroatoms. The van der Waals surface area contributed by atoms with E-state index >= 15 is 0 Å². The van der Waals surface area contributed by atoms with Crippen molar-refractivity contribution in [2.75, 3.05) is 40.6 Å². The summed E-state index contributed by atoms with van der Waals surface area (Å²) in [7, 11) is 2.60. The lowest BCUT2D eigenvalue weighted by molar-refractivity contribution is -0.138. The molecule has 3 unspecified atom stereocenters. The highest BCUT2D eigenvalue weighted by atomic mass is 16.5. The number of carbonyl (C=O) groups is 4. The third kappa shape index (κ3) is 8.39. The Morgan fingerprint density at radius 1 is 0.881 bits per heavy atom.